The summed E-state index contributed by atoms with van der Waals surface area (Å²) < 4.78 is 0. The van der Waals surface area contributed by atoms with Gasteiger partial charge < -0.3 is 15.7 Å². The number of aliphatic carboxylic acids is 1. The first-order valence-electron chi connectivity index (χ1n) is 6.86. The summed E-state index contributed by atoms with van der Waals surface area (Å²) in [6, 6.07) is 13.1. The second kappa shape index (κ2) is 6.74. The average Bonchev–Trinajstić information content (AvgIpc) is 2.47. The Morgan fingerprint density at radius 2 is 1.86 bits per heavy atom. The van der Waals surface area contributed by atoms with Gasteiger partial charge in [-0.15, -0.1) is 0 Å². The van der Waals surface area contributed by atoms with Crippen molar-refractivity contribution in [3.8, 4) is 0 Å². The topological polar surface area (TPSA) is 78.4 Å². The Balaban J connectivity index is 1.96. The fourth-order valence-electron chi connectivity index (χ4n) is 2.06. The van der Waals surface area contributed by atoms with Crippen LogP contribution in [0.3, 0.4) is 0 Å². The van der Waals surface area contributed by atoms with Gasteiger partial charge >= 0.3 is 12.0 Å². The Labute approximate surface area is 123 Å². The number of carbonyl (C=O) groups is 2. The summed E-state index contributed by atoms with van der Waals surface area (Å²) in [5, 5.41) is 16.3. The fourth-order valence-corrected chi connectivity index (χ4v) is 2.06. The van der Waals surface area contributed by atoms with Gasteiger partial charge in [0.2, 0.25) is 0 Å². The first kappa shape index (κ1) is 14.8. The molecule has 0 aliphatic rings. The van der Waals surface area contributed by atoms with E-state index < -0.39 is 17.9 Å². The number of anilines is 1. The zero-order valence-corrected chi connectivity index (χ0v) is 11.8. The number of carbonyl (C=O) groups excluding carboxylic acids is 1. The summed E-state index contributed by atoms with van der Waals surface area (Å²) in [7, 11) is 0. The maximum absolute atomic E-state index is 11.8. The molecule has 1 atom stereocenters. The predicted octanol–water partition coefficient (Wildman–Crippen LogP) is 3.07. The lowest BCUT2D eigenvalue weighted by Gasteiger charge is -2.12. The van der Waals surface area contributed by atoms with Crippen molar-refractivity contribution in [3.05, 3.63) is 42.5 Å². The zero-order valence-electron chi connectivity index (χ0n) is 11.8. The van der Waals surface area contributed by atoms with E-state index in [0.29, 0.717) is 12.1 Å². The maximum Gasteiger partial charge on any atom is 0.319 e. The van der Waals surface area contributed by atoms with Crippen molar-refractivity contribution in [3.63, 3.8) is 0 Å². The number of carboxylic acids is 1. The van der Waals surface area contributed by atoms with Crippen molar-refractivity contribution < 1.29 is 14.7 Å². The minimum absolute atomic E-state index is 0.116. The average molecular weight is 286 g/mol. The van der Waals surface area contributed by atoms with E-state index in [2.05, 4.69) is 10.6 Å². The molecule has 0 fully saturated rings. The third-order valence-corrected chi connectivity index (χ3v) is 3.36. The highest BCUT2D eigenvalue weighted by Gasteiger charge is 2.15. The van der Waals surface area contributed by atoms with Gasteiger partial charge in [-0.1, -0.05) is 37.3 Å². The van der Waals surface area contributed by atoms with Crippen LogP contribution in [0.4, 0.5) is 10.5 Å². The number of amides is 2. The van der Waals surface area contributed by atoms with Crippen molar-refractivity contribution in [2.45, 2.75) is 13.3 Å². The Bertz CT molecular complexity index is 655. The first-order valence-corrected chi connectivity index (χ1v) is 6.86. The van der Waals surface area contributed by atoms with Gasteiger partial charge in [0.1, 0.15) is 0 Å². The summed E-state index contributed by atoms with van der Waals surface area (Å²) in [5.74, 6) is -1.46. The molecular formula is C16H18N2O3. The zero-order chi connectivity index (χ0) is 15.2. The molecule has 2 amide bonds. The first-order chi connectivity index (χ1) is 10.1. The highest BCUT2D eigenvalue weighted by Crippen LogP contribution is 2.18. The molecule has 1 unspecified atom stereocenters. The largest absolute Gasteiger partial charge is 0.481 e. The van der Waals surface area contributed by atoms with Crippen molar-refractivity contribution in [2.75, 3.05) is 11.9 Å². The lowest BCUT2D eigenvalue weighted by molar-refractivity contribution is -0.141. The Kier molecular flexibility index (Phi) is 4.77. The van der Waals surface area contributed by atoms with Gasteiger partial charge in [0.05, 0.1) is 5.92 Å². The van der Waals surface area contributed by atoms with Crippen molar-refractivity contribution in [1.29, 1.82) is 0 Å². The van der Waals surface area contributed by atoms with Crippen LogP contribution in [0, 0.1) is 5.92 Å². The quantitative estimate of drug-likeness (QED) is 0.790. The van der Waals surface area contributed by atoms with Crippen LogP contribution in [0.15, 0.2) is 42.5 Å². The minimum Gasteiger partial charge on any atom is -0.481 e. The SMILES string of the molecule is CCC(CNC(=O)Nc1ccc2ccccc2c1)C(=O)O. The molecule has 2 aromatic rings. The van der Waals surface area contributed by atoms with Crippen LogP contribution in [0.2, 0.25) is 0 Å². The van der Waals surface area contributed by atoms with E-state index in [0.717, 1.165) is 10.8 Å². The number of fused-ring (bicyclic) bond motifs is 1. The number of rotatable bonds is 5. The van der Waals surface area contributed by atoms with Gasteiger partial charge in [-0.05, 0) is 29.3 Å². The molecule has 3 N–H and O–H groups in total. The summed E-state index contributed by atoms with van der Waals surface area (Å²) in [6.07, 6.45) is 0.478. The number of benzene rings is 2. The third kappa shape index (κ3) is 3.95. The summed E-state index contributed by atoms with van der Waals surface area (Å²) in [5.41, 5.74) is 0.676. The minimum atomic E-state index is -0.900. The van der Waals surface area contributed by atoms with Crippen LogP contribution in [-0.4, -0.2) is 23.7 Å². The molecule has 5 nitrogen and oxygen atoms in total. The van der Waals surface area contributed by atoms with E-state index in [4.69, 9.17) is 5.11 Å². The van der Waals surface area contributed by atoms with E-state index >= 15 is 0 Å². The van der Waals surface area contributed by atoms with Gasteiger partial charge in [0.25, 0.3) is 0 Å². The summed E-state index contributed by atoms with van der Waals surface area (Å²) >= 11 is 0. The predicted molar refractivity (Wildman–Crippen MR) is 82.4 cm³/mol. The summed E-state index contributed by atoms with van der Waals surface area (Å²) in [6.45, 7) is 1.90. The molecule has 2 rings (SSSR count). The molecule has 0 saturated heterocycles. The van der Waals surface area contributed by atoms with E-state index in [-0.39, 0.29) is 6.54 Å². The fraction of sp³-hybridized carbons (Fsp3) is 0.250. The molecule has 0 heterocycles. The van der Waals surface area contributed by atoms with Crippen LogP contribution < -0.4 is 10.6 Å². The number of hydrogen-bond donors (Lipinski definition) is 3. The number of carboxylic acid groups (broad SMARTS) is 1. The molecule has 110 valence electrons. The lowest BCUT2D eigenvalue weighted by Crippen LogP contribution is -2.35. The van der Waals surface area contributed by atoms with E-state index in [9.17, 15) is 9.59 Å². The molecule has 5 heteroatoms. The Morgan fingerprint density at radius 3 is 2.52 bits per heavy atom. The maximum atomic E-state index is 11.8. The van der Waals surface area contributed by atoms with Gasteiger partial charge in [-0.3, -0.25) is 4.79 Å². The Morgan fingerprint density at radius 1 is 1.14 bits per heavy atom. The van der Waals surface area contributed by atoms with E-state index in [1.807, 2.05) is 42.5 Å². The van der Waals surface area contributed by atoms with Crippen LogP contribution in [0.1, 0.15) is 13.3 Å². The number of hydrogen-bond acceptors (Lipinski definition) is 2. The highest BCUT2D eigenvalue weighted by molar-refractivity contribution is 5.93. The lowest BCUT2D eigenvalue weighted by atomic mass is 10.1. The standard InChI is InChI=1S/C16H18N2O3/c1-2-11(15(19)20)10-17-16(21)18-14-8-7-12-5-3-4-6-13(12)9-14/h3-9,11H,2,10H2,1H3,(H,19,20)(H2,17,18,21). The van der Waals surface area contributed by atoms with Crippen LogP contribution in [0.25, 0.3) is 10.8 Å². The van der Waals surface area contributed by atoms with E-state index in [1.54, 1.807) is 6.92 Å². The molecule has 0 aliphatic carbocycles. The molecular weight excluding hydrogens is 268 g/mol. The second-order valence-corrected chi connectivity index (χ2v) is 4.84. The highest BCUT2D eigenvalue weighted by atomic mass is 16.4. The molecule has 21 heavy (non-hydrogen) atoms. The van der Waals surface area contributed by atoms with Crippen molar-refractivity contribution in [1.82, 2.24) is 5.32 Å². The van der Waals surface area contributed by atoms with Gasteiger partial charge in [0.15, 0.2) is 0 Å². The van der Waals surface area contributed by atoms with Gasteiger partial charge in [-0.25, -0.2) is 4.79 Å². The molecule has 0 spiro atoms. The van der Waals surface area contributed by atoms with Crippen LogP contribution in [-0.2, 0) is 4.79 Å². The van der Waals surface area contributed by atoms with E-state index in [1.165, 1.54) is 0 Å². The normalized spacial score (nSPS) is 11.9. The molecule has 0 radical (unpaired) electrons. The number of nitrogens with one attached hydrogen (secondary N) is 2. The second-order valence-electron chi connectivity index (χ2n) is 4.84. The molecule has 0 saturated carbocycles. The molecule has 2 aromatic carbocycles. The summed E-state index contributed by atoms with van der Waals surface area (Å²) in [4.78, 5) is 22.7. The van der Waals surface area contributed by atoms with Gasteiger partial charge in [-0.2, -0.15) is 0 Å². The van der Waals surface area contributed by atoms with Gasteiger partial charge in [0, 0.05) is 12.2 Å². The molecule has 0 bridgehead atoms. The number of urea groups is 1. The van der Waals surface area contributed by atoms with Crippen molar-refractivity contribution >= 4 is 28.5 Å². The molecule has 0 aliphatic heterocycles. The smallest absolute Gasteiger partial charge is 0.319 e. The van der Waals surface area contributed by atoms with Crippen LogP contribution in [0.5, 0.6) is 0 Å². The molecule has 0 aromatic heterocycles. The third-order valence-electron chi connectivity index (χ3n) is 3.36. The monoisotopic (exact) mass is 286 g/mol. The Hall–Kier alpha value is -2.56. The van der Waals surface area contributed by atoms with Crippen LogP contribution >= 0.6 is 0 Å². The van der Waals surface area contributed by atoms with Crippen molar-refractivity contribution in [2.24, 2.45) is 5.92 Å².